The van der Waals surface area contributed by atoms with Crippen LogP contribution in [0.3, 0.4) is 0 Å². The molecule has 3 heteroatoms. The summed E-state index contributed by atoms with van der Waals surface area (Å²) in [6.07, 6.45) is 7.23. The predicted octanol–water partition coefficient (Wildman–Crippen LogP) is 2.64. The van der Waals surface area contributed by atoms with Crippen molar-refractivity contribution in [3.63, 3.8) is 0 Å². The van der Waals surface area contributed by atoms with Crippen LogP contribution < -0.4 is 5.73 Å². The molecule has 94 valence electrons. The number of aromatic nitrogens is 2. The topological polar surface area (TPSA) is 51.8 Å². The van der Waals surface area contributed by atoms with Gasteiger partial charge in [0.1, 0.15) is 5.82 Å². The van der Waals surface area contributed by atoms with E-state index in [2.05, 4.69) is 13.8 Å². The van der Waals surface area contributed by atoms with Crippen LogP contribution in [0.5, 0.6) is 0 Å². The normalized spacial score (nSPS) is 16.6. The van der Waals surface area contributed by atoms with Crippen LogP contribution in [0.25, 0.3) is 0 Å². The summed E-state index contributed by atoms with van der Waals surface area (Å²) in [7, 11) is 0. The van der Waals surface area contributed by atoms with Gasteiger partial charge in [-0.1, -0.05) is 12.8 Å². The second-order valence-electron chi connectivity index (χ2n) is 5.10. The smallest absolute Gasteiger partial charge is 0.131 e. The molecular weight excluding hydrogens is 210 g/mol. The molecule has 0 atom stereocenters. The average Bonchev–Trinajstić information content (AvgIpc) is 2.81. The van der Waals surface area contributed by atoms with Gasteiger partial charge in [-0.05, 0) is 51.6 Å². The fraction of sp³-hybridized carbons (Fsp3) is 0.714. The Balaban J connectivity index is 2.21. The molecule has 0 spiro atoms. The maximum absolute atomic E-state index is 5.57. The molecule has 2 N–H and O–H groups in total. The standard InChI is InChI=1S/C14H23N3/c1-10-13(8-5-9-15)11(2)17-14(16-10)12-6-3-4-7-12/h12H,3-9,15H2,1-2H3. The van der Waals surface area contributed by atoms with Gasteiger partial charge < -0.3 is 5.73 Å². The van der Waals surface area contributed by atoms with E-state index < -0.39 is 0 Å². The number of hydrogen-bond donors (Lipinski definition) is 1. The van der Waals surface area contributed by atoms with E-state index in [1.165, 1.54) is 31.2 Å². The third-order valence-corrected chi connectivity index (χ3v) is 3.79. The average molecular weight is 233 g/mol. The molecule has 0 unspecified atom stereocenters. The van der Waals surface area contributed by atoms with Crippen LogP contribution in [0.4, 0.5) is 0 Å². The van der Waals surface area contributed by atoms with Crippen molar-refractivity contribution in [2.24, 2.45) is 5.73 Å². The van der Waals surface area contributed by atoms with Crippen molar-refractivity contribution < 1.29 is 0 Å². The van der Waals surface area contributed by atoms with Gasteiger partial charge in [0.15, 0.2) is 0 Å². The molecule has 2 rings (SSSR count). The fourth-order valence-corrected chi connectivity index (χ4v) is 2.77. The molecule has 1 aliphatic rings. The Bertz CT molecular complexity index is 358. The van der Waals surface area contributed by atoms with Gasteiger partial charge in [0, 0.05) is 17.3 Å². The Morgan fingerprint density at radius 3 is 2.24 bits per heavy atom. The van der Waals surface area contributed by atoms with E-state index in [1.807, 2.05) is 0 Å². The first kappa shape index (κ1) is 12.5. The van der Waals surface area contributed by atoms with Gasteiger partial charge in [-0.15, -0.1) is 0 Å². The zero-order chi connectivity index (χ0) is 12.3. The summed E-state index contributed by atoms with van der Waals surface area (Å²) in [4.78, 5) is 9.43. The second kappa shape index (κ2) is 5.58. The summed E-state index contributed by atoms with van der Waals surface area (Å²) in [6, 6.07) is 0. The Morgan fingerprint density at radius 2 is 1.71 bits per heavy atom. The molecule has 17 heavy (non-hydrogen) atoms. The van der Waals surface area contributed by atoms with Gasteiger partial charge in [-0.25, -0.2) is 9.97 Å². The van der Waals surface area contributed by atoms with Crippen molar-refractivity contribution in [3.05, 3.63) is 22.8 Å². The lowest BCUT2D eigenvalue weighted by molar-refractivity contribution is 0.653. The lowest BCUT2D eigenvalue weighted by atomic mass is 10.0. The quantitative estimate of drug-likeness (QED) is 0.869. The first-order valence-corrected chi connectivity index (χ1v) is 6.76. The zero-order valence-corrected chi connectivity index (χ0v) is 11.0. The summed E-state index contributed by atoms with van der Waals surface area (Å²) < 4.78 is 0. The first-order valence-electron chi connectivity index (χ1n) is 6.76. The van der Waals surface area contributed by atoms with Crippen LogP contribution >= 0.6 is 0 Å². The van der Waals surface area contributed by atoms with Crippen LogP contribution in [0.15, 0.2) is 0 Å². The molecular formula is C14H23N3. The number of hydrogen-bond acceptors (Lipinski definition) is 3. The Kier molecular flexibility index (Phi) is 4.11. The SMILES string of the molecule is Cc1nc(C2CCCC2)nc(C)c1CCCN. The monoisotopic (exact) mass is 233 g/mol. The Hall–Kier alpha value is -0.960. The highest BCUT2D eigenvalue weighted by atomic mass is 14.9. The van der Waals surface area contributed by atoms with E-state index >= 15 is 0 Å². The fourth-order valence-electron chi connectivity index (χ4n) is 2.77. The first-order chi connectivity index (χ1) is 8.22. The highest BCUT2D eigenvalue weighted by Crippen LogP contribution is 2.32. The van der Waals surface area contributed by atoms with E-state index in [0.29, 0.717) is 5.92 Å². The third kappa shape index (κ3) is 2.83. The minimum atomic E-state index is 0.607. The van der Waals surface area contributed by atoms with E-state index in [1.54, 1.807) is 0 Å². The Labute approximate surface area is 104 Å². The van der Waals surface area contributed by atoms with Crippen LogP contribution in [0, 0.1) is 13.8 Å². The van der Waals surface area contributed by atoms with E-state index in [-0.39, 0.29) is 0 Å². The molecule has 0 aromatic carbocycles. The summed E-state index contributed by atoms with van der Waals surface area (Å²) in [5.41, 5.74) is 9.19. The van der Waals surface area contributed by atoms with Crippen molar-refractivity contribution >= 4 is 0 Å². The molecule has 0 amide bonds. The molecule has 3 nitrogen and oxygen atoms in total. The van der Waals surface area contributed by atoms with Crippen LogP contribution in [0.2, 0.25) is 0 Å². The number of aryl methyl sites for hydroxylation is 2. The molecule has 1 aliphatic carbocycles. The van der Waals surface area contributed by atoms with Crippen molar-refractivity contribution in [2.45, 2.75) is 58.3 Å². The predicted molar refractivity (Wildman–Crippen MR) is 70.1 cm³/mol. The minimum absolute atomic E-state index is 0.607. The summed E-state index contributed by atoms with van der Waals surface area (Å²) in [5, 5.41) is 0. The summed E-state index contributed by atoms with van der Waals surface area (Å²) in [5.74, 6) is 1.69. The maximum Gasteiger partial charge on any atom is 0.131 e. The molecule has 1 heterocycles. The number of nitrogens with zero attached hydrogens (tertiary/aromatic N) is 2. The van der Waals surface area contributed by atoms with Gasteiger partial charge in [0.2, 0.25) is 0 Å². The largest absolute Gasteiger partial charge is 0.330 e. The highest BCUT2D eigenvalue weighted by Gasteiger charge is 2.21. The van der Waals surface area contributed by atoms with Crippen molar-refractivity contribution in [3.8, 4) is 0 Å². The number of nitrogens with two attached hydrogens (primary N) is 1. The Morgan fingerprint density at radius 1 is 1.12 bits per heavy atom. The van der Waals surface area contributed by atoms with E-state index in [0.717, 1.165) is 36.6 Å². The molecule has 1 fully saturated rings. The zero-order valence-electron chi connectivity index (χ0n) is 11.0. The lowest BCUT2D eigenvalue weighted by Crippen LogP contribution is -2.09. The molecule has 0 aliphatic heterocycles. The molecule has 0 bridgehead atoms. The molecule has 1 saturated carbocycles. The van der Waals surface area contributed by atoms with Gasteiger partial charge in [-0.3, -0.25) is 0 Å². The van der Waals surface area contributed by atoms with Crippen LogP contribution in [-0.2, 0) is 6.42 Å². The molecule has 1 aromatic heterocycles. The van der Waals surface area contributed by atoms with Gasteiger partial charge in [0.05, 0.1) is 0 Å². The van der Waals surface area contributed by atoms with Gasteiger partial charge >= 0.3 is 0 Å². The summed E-state index contributed by atoms with van der Waals surface area (Å²) in [6.45, 7) is 4.96. The summed E-state index contributed by atoms with van der Waals surface area (Å²) >= 11 is 0. The highest BCUT2D eigenvalue weighted by molar-refractivity contribution is 5.25. The molecule has 1 aromatic rings. The third-order valence-electron chi connectivity index (χ3n) is 3.79. The molecule has 0 saturated heterocycles. The lowest BCUT2D eigenvalue weighted by Gasteiger charge is -2.13. The van der Waals surface area contributed by atoms with E-state index in [9.17, 15) is 0 Å². The van der Waals surface area contributed by atoms with Crippen molar-refractivity contribution in [1.82, 2.24) is 9.97 Å². The van der Waals surface area contributed by atoms with Gasteiger partial charge in [0.25, 0.3) is 0 Å². The maximum atomic E-state index is 5.57. The van der Waals surface area contributed by atoms with Crippen molar-refractivity contribution in [2.75, 3.05) is 6.54 Å². The van der Waals surface area contributed by atoms with Gasteiger partial charge in [-0.2, -0.15) is 0 Å². The van der Waals surface area contributed by atoms with Crippen molar-refractivity contribution in [1.29, 1.82) is 0 Å². The van der Waals surface area contributed by atoms with E-state index in [4.69, 9.17) is 15.7 Å². The number of rotatable bonds is 4. The minimum Gasteiger partial charge on any atom is -0.330 e. The van der Waals surface area contributed by atoms with Crippen LogP contribution in [-0.4, -0.2) is 16.5 Å². The second-order valence-corrected chi connectivity index (χ2v) is 5.10. The van der Waals surface area contributed by atoms with Crippen LogP contribution in [0.1, 0.15) is 60.8 Å². The molecule has 0 radical (unpaired) electrons.